The van der Waals surface area contributed by atoms with Gasteiger partial charge in [0.2, 0.25) is 0 Å². The Hall–Kier alpha value is -0.770. The summed E-state index contributed by atoms with van der Waals surface area (Å²) in [5.41, 5.74) is -0.150. The molecule has 0 unspecified atom stereocenters. The minimum atomic E-state index is -0.944. The third kappa shape index (κ3) is 2.73. The van der Waals surface area contributed by atoms with Crippen molar-refractivity contribution in [3.8, 4) is 0 Å². The molecule has 0 saturated heterocycles. The van der Waals surface area contributed by atoms with E-state index in [1.165, 1.54) is 0 Å². The number of aliphatic carboxylic acids is 1. The molecule has 1 saturated carbocycles. The van der Waals surface area contributed by atoms with Gasteiger partial charge in [-0.05, 0) is 30.5 Å². The highest BCUT2D eigenvalue weighted by Gasteiger charge is 2.46. The molecule has 1 aromatic rings. The van der Waals surface area contributed by atoms with Crippen LogP contribution >= 0.6 is 23.2 Å². The Morgan fingerprint density at radius 1 is 1.41 bits per heavy atom. The molecular weight excluding hydrogens is 263 g/mol. The van der Waals surface area contributed by atoms with Crippen LogP contribution in [0.4, 0.5) is 0 Å². The number of carboxylic acid groups (broad SMARTS) is 1. The third-order valence-electron chi connectivity index (χ3n) is 3.14. The van der Waals surface area contributed by atoms with Crippen molar-refractivity contribution >= 4 is 29.2 Å². The minimum Gasteiger partial charge on any atom is -0.481 e. The number of hydrogen-bond acceptors (Lipinski definition) is 2. The summed E-state index contributed by atoms with van der Waals surface area (Å²) in [6, 6.07) is 5.09. The van der Waals surface area contributed by atoms with E-state index in [1.54, 1.807) is 18.2 Å². The van der Waals surface area contributed by atoms with Gasteiger partial charge in [-0.25, -0.2) is 0 Å². The molecule has 0 spiro atoms. The highest BCUT2D eigenvalue weighted by Crippen LogP contribution is 2.41. The summed E-state index contributed by atoms with van der Waals surface area (Å²) in [5, 5.41) is 19.9. The maximum atomic E-state index is 10.7. The monoisotopic (exact) mass is 274 g/mol. The van der Waals surface area contributed by atoms with Crippen LogP contribution in [0.3, 0.4) is 0 Å². The second-order valence-corrected chi connectivity index (χ2v) is 5.42. The highest BCUT2D eigenvalue weighted by molar-refractivity contribution is 6.35. The summed E-state index contributed by atoms with van der Waals surface area (Å²) >= 11 is 11.8. The van der Waals surface area contributed by atoms with Gasteiger partial charge in [0, 0.05) is 16.5 Å². The smallest absolute Gasteiger partial charge is 0.306 e. The molecule has 92 valence electrons. The normalized spacial score (nSPS) is 27.6. The fourth-order valence-electron chi connectivity index (χ4n) is 2.20. The lowest BCUT2D eigenvalue weighted by molar-refractivity contribution is -0.158. The van der Waals surface area contributed by atoms with Crippen LogP contribution in [0.2, 0.25) is 10.0 Å². The first-order valence-electron chi connectivity index (χ1n) is 5.29. The van der Waals surface area contributed by atoms with E-state index in [4.69, 9.17) is 28.3 Å². The fraction of sp³-hybridized carbons (Fsp3) is 0.417. The van der Waals surface area contributed by atoms with Crippen LogP contribution in [0.5, 0.6) is 0 Å². The number of rotatable bonds is 3. The van der Waals surface area contributed by atoms with Gasteiger partial charge in [0.15, 0.2) is 0 Å². The van der Waals surface area contributed by atoms with Crippen molar-refractivity contribution < 1.29 is 15.0 Å². The SMILES string of the molecule is O=C(O)C1CC(O)(Cc2ccc(Cl)cc2Cl)C1. The molecule has 0 aliphatic heterocycles. The summed E-state index contributed by atoms with van der Waals surface area (Å²) in [5.74, 6) is -1.29. The number of halogens is 2. The van der Waals surface area contributed by atoms with Crippen LogP contribution in [-0.4, -0.2) is 21.8 Å². The molecule has 0 bridgehead atoms. The zero-order chi connectivity index (χ0) is 12.6. The van der Waals surface area contributed by atoms with Crippen LogP contribution in [0.15, 0.2) is 18.2 Å². The first kappa shape index (κ1) is 12.7. The van der Waals surface area contributed by atoms with Gasteiger partial charge >= 0.3 is 5.97 Å². The van der Waals surface area contributed by atoms with Gasteiger partial charge in [0.25, 0.3) is 0 Å². The molecule has 0 atom stereocenters. The van der Waals surface area contributed by atoms with Crippen LogP contribution in [0, 0.1) is 5.92 Å². The molecule has 0 heterocycles. The molecule has 0 amide bonds. The first-order chi connectivity index (χ1) is 7.89. The molecule has 1 fully saturated rings. The summed E-state index contributed by atoms with van der Waals surface area (Å²) < 4.78 is 0. The van der Waals surface area contributed by atoms with Crippen molar-refractivity contribution in [2.24, 2.45) is 5.92 Å². The second kappa shape index (κ2) is 4.48. The zero-order valence-corrected chi connectivity index (χ0v) is 10.5. The number of aliphatic hydroxyl groups is 1. The Morgan fingerprint density at radius 2 is 2.06 bits per heavy atom. The summed E-state index contributed by atoms with van der Waals surface area (Å²) in [4.78, 5) is 10.7. The lowest BCUT2D eigenvalue weighted by atomic mass is 9.68. The maximum absolute atomic E-state index is 10.7. The van der Waals surface area contributed by atoms with Crippen LogP contribution in [0.1, 0.15) is 18.4 Å². The molecule has 17 heavy (non-hydrogen) atoms. The van der Waals surface area contributed by atoms with Gasteiger partial charge in [-0.15, -0.1) is 0 Å². The van der Waals surface area contributed by atoms with E-state index in [0.29, 0.717) is 16.5 Å². The molecule has 0 radical (unpaired) electrons. The van der Waals surface area contributed by atoms with E-state index in [1.807, 2.05) is 0 Å². The average Bonchev–Trinajstić information content (AvgIpc) is 2.18. The van der Waals surface area contributed by atoms with E-state index in [0.717, 1.165) is 5.56 Å². The summed E-state index contributed by atoms with van der Waals surface area (Å²) in [7, 11) is 0. The Kier molecular flexibility index (Phi) is 3.34. The lowest BCUT2D eigenvalue weighted by Crippen LogP contribution is -2.48. The molecule has 2 rings (SSSR count). The Balaban J connectivity index is 2.05. The van der Waals surface area contributed by atoms with Crippen molar-refractivity contribution in [1.82, 2.24) is 0 Å². The van der Waals surface area contributed by atoms with Crippen molar-refractivity contribution in [2.75, 3.05) is 0 Å². The first-order valence-corrected chi connectivity index (χ1v) is 6.04. The predicted octanol–water partition coefficient (Wildman–Crippen LogP) is 2.76. The highest BCUT2D eigenvalue weighted by atomic mass is 35.5. The molecule has 2 N–H and O–H groups in total. The van der Waals surface area contributed by atoms with Gasteiger partial charge in [-0.2, -0.15) is 0 Å². The third-order valence-corrected chi connectivity index (χ3v) is 3.72. The van der Waals surface area contributed by atoms with Crippen molar-refractivity contribution in [1.29, 1.82) is 0 Å². The molecule has 0 aromatic heterocycles. The molecule has 5 heteroatoms. The van der Waals surface area contributed by atoms with E-state index in [9.17, 15) is 9.90 Å². The zero-order valence-electron chi connectivity index (χ0n) is 8.99. The Morgan fingerprint density at radius 3 is 2.59 bits per heavy atom. The average molecular weight is 275 g/mol. The Labute approximate surface area is 109 Å². The molecular formula is C12H12Cl2O3. The van der Waals surface area contributed by atoms with Gasteiger partial charge in [0.05, 0.1) is 11.5 Å². The Bertz CT molecular complexity index is 453. The van der Waals surface area contributed by atoms with E-state index in [2.05, 4.69) is 0 Å². The lowest BCUT2D eigenvalue weighted by Gasteiger charge is -2.41. The van der Waals surface area contributed by atoms with Gasteiger partial charge in [-0.1, -0.05) is 29.3 Å². The topological polar surface area (TPSA) is 57.5 Å². The summed E-state index contributed by atoms with van der Waals surface area (Å²) in [6.07, 6.45) is 0.926. The minimum absolute atomic E-state index is 0.279. The van der Waals surface area contributed by atoms with Gasteiger partial charge in [0.1, 0.15) is 0 Å². The number of hydrogen-bond donors (Lipinski definition) is 2. The quantitative estimate of drug-likeness (QED) is 0.891. The number of carbonyl (C=O) groups is 1. The van der Waals surface area contributed by atoms with E-state index < -0.39 is 17.5 Å². The van der Waals surface area contributed by atoms with Crippen LogP contribution in [-0.2, 0) is 11.2 Å². The second-order valence-electron chi connectivity index (χ2n) is 4.58. The fourth-order valence-corrected chi connectivity index (χ4v) is 2.67. The van der Waals surface area contributed by atoms with Gasteiger partial charge < -0.3 is 10.2 Å². The van der Waals surface area contributed by atoms with E-state index >= 15 is 0 Å². The maximum Gasteiger partial charge on any atom is 0.306 e. The molecule has 1 aliphatic carbocycles. The molecule has 1 aromatic carbocycles. The van der Waals surface area contributed by atoms with Gasteiger partial charge in [-0.3, -0.25) is 4.79 Å². The van der Waals surface area contributed by atoms with Crippen LogP contribution < -0.4 is 0 Å². The van der Waals surface area contributed by atoms with Crippen molar-refractivity contribution in [3.05, 3.63) is 33.8 Å². The summed E-state index contributed by atoms with van der Waals surface area (Å²) in [6.45, 7) is 0. The number of carboxylic acids is 1. The largest absolute Gasteiger partial charge is 0.481 e. The van der Waals surface area contributed by atoms with Crippen molar-refractivity contribution in [2.45, 2.75) is 24.9 Å². The van der Waals surface area contributed by atoms with Crippen molar-refractivity contribution in [3.63, 3.8) is 0 Å². The number of benzene rings is 1. The standard InChI is InChI=1S/C12H12Cl2O3/c13-9-2-1-7(10(14)3-9)4-12(17)5-8(6-12)11(15)16/h1-3,8,17H,4-6H2,(H,15,16). The van der Waals surface area contributed by atoms with E-state index in [-0.39, 0.29) is 12.8 Å². The predicted molar refractivity (Wildman–Crippen MR) is 65.5 cm³/mol. The molecule has 1 aliphatic rings. The van der Waals surface area contributed by atoms with Crippen LogP contribution in [0.25, 0.3) is 0 Å². The molecule has 3 nitrogen and oxygen atoms in total.